The Kier molecular flexibility index (Phi) is 5.65. The van der Waals surface area contributed by atoms with Crippen molar-refractivity contribution in [2.75, 3.05) is 6.61 Å². The Morgan fingerprint density at radius 1 is 1.48 bits per heavy atom. The molecule has 1 unspecified atom stereocenters. The highest BCUT2D eigenvalue weighted by molar-refractivity contribution is 5.82. The van der Waals surface area contributed by atoms with E-state index in [1.165, 1.54) is 19.1 Å². The summed E-state index contributed by atoms with van der Waals surface area (Å²) in [6, 6.07) is 3.19. The molecule has 0 bridgehead atoms. The molecule has 8 nitrogen and oxygen atoms in total. The number of aryl methyl sites for hydroxylation is 1. The van der Waals surface area contributed by atoms with E-state index in [-0.39, 0.29) is 11.4 Å². The van der Waals surface area contributed by atoms with Crippen LogP contribution in [-0.4, -0.2) is 34.6 Å². The number of rotatable bonds is 7. The van der Waals surface area contributed by atoms with Crippen LogP contribution in [0.25, 0.3) is 0 Å². The summed E-state index contributed by atoms with van der Waals surface area (Å²) in [6.07, 6.45) is 0.630. The zero-order chi connectivity index (χ0) is 16.0. The summed E-state index contributed by atoms with van der Waals surface area (Å²) in [4.78, 5) is 32.2. The van der Waals surface area contributed by atoms with Gasteiger partial charge in [-0.2, -0.15) is 0 Å². The lowest BCUT2D eigenvalue weighted by Gasteiger charge is -2.14. The third-order valence-corrected chi connectivity index (χ3v) is 2.71. The smallest absolute Gasteiger partial charge is 0.329 e. The van der Waals surface area contributed by atoms with E-state index in [2.05, 4.69) is 5.32 Å². The van der Waals surface area contributed by atoms with E-state index in [9.17, 15) is 19.7 Å². The molecule has 0 aromatic heterocycles. The second-order valence-electron chi connectivity index (χ2n) is 4.32. The van der Waals surface area contributed by atoms with Crippen molar-refractivity contribution in [1.82, 2.24) is 5.32 Å². The topological polar surface area (TPSA) is 119 Å². The van der Waals surface area contributed by atoms with Crippen molar-refractivity contribution in [3.05, 3.63) is 33.9 Å². The van der Waals surface area contributed by atoms with Crippen LogP contribution in [0.15, 0.2) is 18.2 Å². The van der Waals surface area contributed by atoms with E-state index in [4.69, 9.17) is 9.84 Å². The van der Waals surface area contributed by atoms with Gasteiger partial charge in [-0.25, -0.2) is 4.79 Å². The fourth-order valence-corrected chi connectivity index (χ4v) is 1.64. The molecule has 0 aliphatic rings. The third kappa shape index (κ3) is 4.75. The number of carbonyl (C=O) groups excluding carboxylic acids is 1. The molecule has 2 N–H and O–H groups in total. The molecule has 114 valence electrons. The minimum atomic E-state index is -1.28. The number of amides is 1. The summed E-state index contributed by atoms with van der Waals surface area (Å²) in [7, 11) is 0. The van der Waals surface area contributed by atoms with Crippen LogP contribution in [0.4, 0.5) is 5.69 Å². The lowest BCUT2D eigenvalue weighted by molar-refractivity contribution is -0.385. The summed E-state index contributed by atoms with van der Waals surface area (Å²) in [5.41, 5.74) is 0.534. The second kappa shape index (κ2) is 7.22. The molecule has 0 aliphatic carbocycles. The number of hydrogen-bond donors (Lipinski definition) is 2. The van der Waals surface area contributed by atoms with E-state index in [0.29, 0.717) is 6.42 Å². The molecule has 1 aromatic carbocycles. The van der Waals surface area contributed by atoms with Crippen LogP contribution in [-0.2, 0) is 16.0 Å². The molecule has 0 saturated heterocycles. The van der Waals surface area contributed by atoms with Gasteiger partial charge in [-0.05, 0) is 18.1 Å². The lowest BCUT2D eigenvalue weighted by Crippen LogP contribution is -2.43. The van der Waals surface area contributed by atoms with Gasteiger partial charge in [0.15, 0.2) is 11.8 Å². The first-order valence-electron chi connectivity index (χ1n) is 6.25. The molecule has 1 atom stereocenters. The maximum Gasteiger partial charge on any atom is 0.329 e. The summed E-state index contributed by atoms with van der Waals surface area (Å²) in [6.45, 7) is 2.63. The standard InChI is InChI=1S/C13H16N2O6/c1-3-9-4-5-12(11(6-9)15(19)20)21-7-10(13(17)18)14-8(2)16/h4-6,10H,3,7H2,1-2H3,(H,14,16)(H,17,18). The number of hydrogen-bond acceptors (Lipinski definition) is 5. The van der Waals surface area contributed by atoms with Crippen molar-refractivity contribution in [2.45, 2.75) is 26.3 Å². The lowest BCUT2D eigenvalue weighted by atomic mass is 10.1. The number of nitrogens with one attached hydrogen (secondary N) is 1. The van der Waals surface area contributed by atoms with Crippen LogP contribution in [0, 0.1) is 10.1 Å². The molecule has 0 aliphatic heterocycles. The molecular weight excluding hydrogens is 280 g/mol. The number of nitro benzene ring substituents is 1. The van der Waals surface area contributed by atoms with Crippen molar-refractivity contribution in [3.8, 4) is 5.75 Å². The van der Waals surface area contributed by atoms with Crippen molar-refractivity contribution >= 4 is 17.6 Å². The molecule has 0 heterocycles. The van der Waals surface area contributed by atoms with Gasteiger partial charge in [-0.15, -0.1) is 0 Å². The van der Waals surface area contributed by atoms with Crippen molar-refractivity contribution in [2.24, 2.45) is 0 Å². The SMILES string of the molecule is CCc1ccc(OCC(NC(C)=O)C(=O)O)c([N+](=O)[O-])c1. The Hall–Kier alpha value is -2.64. The molecule has 1 aromatic rings. The number of nitrogens with zero attached hydrogens (tertiary/aromatic N) is 1. The Morgan fingerprint density at radius 2 is 2.14 bits per heavy atom. The van der Waals surface area contributed by atoms with Crippen LogP contribution in [0.5, 0.6) is 5.75 Å². The largest absolute Gasteiger partial charge is 0.484 e. The molecule has 0 fully saturated rings. The zero-order valence-electron chi connectivity index (χ0n) is 11.7. The predicted octanol–water partition coefficient (Wildman–Crippen LogP) is 1.13. The molecule has 8 heteroatoms. The van der Waals surface area contributed by atoms with Crippen LogP contribution in [0.1, 0.15) is 19.4 Å². The number of carboxylic acid groups (broad SMARTS) is 1. The van der Waals surface area contributed by atoms with Crippen molar-refractivity contribution < 1.29 is 24.4 Å². The monoisotopic (exact) mass is 296 g/mol. The zero-order valence-corrected chi connectivity index (χ0v) is 11.7. The van der Waals surface area contributed by atoms with Gasteiger partial charge in [-0.3, -0.25) is 14.9 Å². The number of ether oxygens (including phenoxy) is 1. The molecule has 1 amide bonds. The number of benzene rings is 1. The normalized spacial score (nSPS) is 11.5. The highest BCUT2D eigenvalue weighted by Crippen LogP contribution is 2.28. The average molecular weight is 296 g/mol. The van der Waals surface area contributed by atoms with Gasteiger partial charge in [0.2, 0.25) is 5.91 Å². The number of carboxylic acids is 1. The first kappa shape index (κ1) is 16.4. The molecular formula is C13H16N2O6. The number of carbonyl (C=O) groups is 2. The Bertz CT molecular complexity index is 558. The molecule has 0 saturated carbocycles. The minimum absolute atomic E-state index is 0.0335. The summed E-state index contributed by atoms with van der Waals surface area (Å²) in [5, 5.41) is 22.1. The van der Waals surface area contributed by atoms with Crippen LogP contribution in [0.3, 0.4) is 0 Å². The van der Waals surface area contributed by atoms with E-state index in [1.54, 1.807) is 6.07 Å². The second-order valence-corrected chi connectivity index (χ2v) is 4.32. The van der Waals surface area contributed by atoms with E-state index in [1.807, 2.05) is 6.92 Å². The average Bonchev–Trinajstić information content (AvgIpc) is 2.42. The summed E-state index contributed by atoms with van der Waals surface area (Å²) in [5.74, 6) is -1.84. The molecule has 1 rings (SSSR count). The number of aliphatic carboxylic acids is 1. The highest BCUT2D eigenvalue weighted by Gasteiger charge is 2.22. The van der Waals surface area contributed by atoms with Crippen LogP contribution in [0.2, 0.25) is 0 Å². The van der Waals surface area contributed by atoms with Gasteiger partial charge < -0.3 is 15.2 Å². The molecule has 21 heavy (non-hydrogen) atoms. The van der Waals surface area contributed by atoms with Crippen LogP contribution >= 0.6 is 0 Å². The number of nitro groups is 1. The first-order valence-corrected chi connectivity index (χ1v) is 6.25. The van der Waals surface area contributed by atoms with Crippen molar-refractivity contribution in [1.29, 1.82) is 0 Å². The van der Waals surface area contributed by atoms with E-state index < -0.39 is 29.4 Å². The fourth-order valence-electron chi connectivity index (χ4n) is 1.64. The molecule has 0 spiro atoms. The van der Waals surface area contributed by atoms with Gasteiger partial charge in [0, 0.05) is 13.0 Å². The van der Waals surface area contributed by atoms with Crippen LogP contribution < -0.4 is 10.1 Å². The van der Waals surface area contributed by atoms with Crippen molar-refractivity contribution in [3.63, 3.8) is 0 Å². The Balaban J connectivity index is 2.89. The fraction of sp³-hybridized carbons (Fsp3) is 0.385. The van der Waals surface area contributed by atoms with Gasteiger partial charge in [-0.1, -0.05) is 13.0 Å². The highest BCUT2D eigenvalue weighted by atomic mass is 16.6. The third-order valence-electron chi connectivity index (χ3n) is 2.71. The van der Waals surface area contributed by atoms with Gasteiger partial charge in [0.25, 0.3) is 0 Å². The van der Waals surface area contributed by atoms with E-state index in [0.717, 1.165) is 5.56 Å². The predicted molar refractivity (Wildman–Crippen MR) is 73.2 cm³/mol. The van der Waals surface area contributed by atoms with E-state index >= 15 is 0 Å². The summed E-state index contributed by atoms with van der Waals surface area (Å²) >= 11 is 0. The maximum absolute atomic E-state index is 11.0. The van der Waals surface area contributed by atoms with Gasteiger partial charge in [0.05, 0.1) is 4.92 Å². The first-order chi connectivity index (χ1) is 9.85. The Morgan fingerprint density at radius 3 is 2.62 bits per heavy atom. The summed E-state index contributed by atoms with van der Waals surface area (Å²) < 4.78 is 5.19. The Labute approximate surface area is 120 Å². The van der Waals surface area contributed by atoms with Gasteiger partial charge >= 0.3 is 11.7 Å². The maximum atomic E-state index is 11.0. The van der Waals surface area contributed by atoms with Gasteiger partial charge in [0.1, 0.15) is 6.61 Å². The minimum Gasteiger partial charge on any atom is -0.484 e. The quantitative estimate of drug-likeness (QED) is 0.575. The molecule has 0 radical (unpaired) electrons.